The van der Waals surface area contributed by atoms with E-state index < -0.39 is 0 Å². The summed E-state index contributed by atoms with van der Waals surface area (Å²) in [6, 6.07) is 1.46. The molecule has 6 heteroatoms. The van der Waals surface area contributed by atoms with Crippen molar-refractivity contribution in [2.45, 2.75) is 39.7 Å². The third-order valence-corrected chi connectivity index (χ3v) is 3.52. The highest BCUT2D eigenvalue weighted by molar-refractivity contribution is 9.10. The largest absolute Gasteiger partial charge is 0.335 e. The molecule has 0 fully saturated rings. The zero-order valence-corrected chi connectivity index (χ0v) is 14.0. The maximum atomic E-state index is 11.9. The van der Waals surface area contributed by atoms with Crippen LogP contribution in [0.15, 0.2) is 21.5 Å². The fraction of sp³-hybridized carbons (Fsp3) is 0.571. The van der Waals surface area contributed by atoms with E-state index in [0.717, 1.165) is 12.8 Å². The molecule has 112 valence electrons. The summed E-state index contributed by atoms with van der Waals surface area (Å²) in [5.41, 5.74) is 0.439. The first kappa shape index (κ1) is 16.8. The number of hydrogen-bond donors (Lipinski definition) is 2. The van der Waals surface area contributed by atoms with E-state index in [1.165, 1.54) is 4.57 Å². The number of carbonyl (C=O) groups is 1. The molecule has 0 bridgehead atoms. The molecule has 1 heterocycles. The van der Waals surface area contributed by atoms with Crippen molar-refractivity contribution < 1.29 is 4.79 Å². The van der Waals surface area contributed by atoms with Gasteiger partial charge in [-0.3, -0.25) is 4.79 Å². The molecule has 1 aromatic rings. The molecule has 0 spiro atoms. The van der Waals surface area contributed by atoms with Crippen molar-refractivity contribution in [3.63, 3.8) is 0 Å². The summed E-state index contributed by atoms with van der Waals surface area (Å²) in [6.07, 6.45) is 3.61. The molecule has 0 radical (unpaired) electrons. The standard InChI is InChI=1S/C14H22BrN3O2/c1-9(2)5-6-10(3)16-14(20)17-11-7-12(15)13(19)18(4)8-11/h7-10H,5-6H2,1-4H3,(H2,16,17,20)/t10-/m1/s1. The van der Waals surface area contributed by atoms with Crippen LogP contribution >= 0.6 is 15.9 Å². The molecule has 0 saturated carbocycles. The summed E-state index contributed by atoms with van der Waals surface area (Å²) in [5, 5.41) is 5.61. The Labute approximate surface area is 127 Å². The normalized spacial score (nSPS) is 12.3. The number of aryl methyl sites for hydroxylation is 1. The van der Waals surface area contributed by atoms with Gasteiger partial charge >= 0.3 is 6.03 Å². The predicted molar refractivity (Wildman–Crippen MR) is 85.1 cm³/mol. The average molecular weight is 344 g/mol. The van der Waals surface area contributed by atoms with Crippen LogP contribution in [0.3, 0.4) is 0 Å². The smallest absolute Gasteiger partial charge is 0.319 e. The summed E-state index contributed by atoms with van der Waals surface area (Å²) < 4.78 is 1.84. The summed E-state index contributed by atoms with van der Waals surface area (Å²) >= 11 is 3.17. The van der Waals surface area contributed by atoms with Gasteiger partial charge in [0.1, 0.15) is 0 Å². The van der Waals surface area contributed by atoms with Crippen LogP contribution < -0.4 is 16.2 Å². The van der Waals surface area contributed by atoms with Gasteiger partial charge in [0.15, 0.2) is 0 Å². The van der Waals surface area contributed by atoms with E-state index in [2.05, 4.69) is 40.4 Å². The molecule has 1 rings (SSSR count). The minimum absolute atomic E-state index is 0.119. The van der Waals surface area contributed by atoms with E-state index >= 15 is 0 Å². The Morgan fingerprint density at radius 3 is 2.55 bits per heavy atom. The van der Waals surface area contributed by atoms with Crippen LogP contribution in [0.25, 0.3) is 0 Å². The van der Waals surface area contributed by atoms with Crippen LogP contribution in [0.5, 0.6) is 0 Å². The van der Waals surface area contributed by atoms with Crippen molar-refractivity contribution in [2.24, 2.45) is 13.0 Å². The lowest BCUT2D eigenvalue weighted by molar-refractivity contribution is 0.248. The third-order valence-electron chi connectivity index (χ3n) is 2.95. The van der Waals surface area contributed by atoms with Crippen molar-refractivity contribution in [2.75, 3.05) is 5.32 Å². The van der Waals surface area contributed by atoms with E-state index in [1.54, 1.807) is 19.3 Å². The molecule has 0 aliphatic carbocycles. The van der Waals surface area contributed by atoms with Gasteiger partial charge in [0, 0.05) is 19.3 Å². The maximum Gasteiger partial charge on any atom is 0.319 e. The number of nitrogens with one attached hydrogen (secondary N) is 2. The van der Waals surface area contributed by atoms with E-state index in [4.69, 9.17) is 0 Å². The van der Waals surface area contributed by atoms with Gasteiger partial charge in [-0.15, -0.1) is 0 Å². The Kier molecular flexibility index (Phi) is 6.26. The molecule has 1 atom stereocenters. The summed E-state index contributed by atoms with van der Waals surface area (Å²) in [7, 11) is 1.64. The van der Waals surface area contributed by atoms with E-state index in [0.29, 0.717) is 16.1 Å². The number of halogens is 1. The second kappa shape index (κ2) is 7.47. The Balaban J connectivity index is 2.56. The maximum absolute atomic E-state index is 11.9. The van der Waals surface area contributed by atoms with Crippen molar-refractivity contribution in [1.82, 2.24) is 9.88 Å². The predicted octanol–water partition coefficient (Wildman–Crippen LogP) is 3.09. The summed E-state index contributed by atoms with van der Waals surface area (Å²) in [4.78, 5) is 23.4. The first-order valence-electron chi connectivity index (χ1n) is 6.73. The van der Waals surface area contributed by atoms with Crippen LogP contribution in [-0.2, 0) is 7.05 Å². The van der Waals surface area contributed by atoms with Crippen molar-refractivity contribution in [3.05, 3.63) is 27.1 Å². The number of anilines is 1. The van der Waals surface area contributed by atoms with E-state index in [-0.39, 0.29) is 17.6 Å². The van der Waals surface area contributed by atoms with Gasteiger partial charge in [0.05, 0.1) is 10.2 Å². The zero-order chi connectivity index (χ0) is 15.3. The lowest BCUT2D eigenvalue weighted by Crippen LogP contribution is -2.36. The van der Waals surface area contributed by atoms with Crippen LogP contribution in [0, 0.1) is 5.92 Å². The third kappa shape index (κ3) is 5.36. The van der Waals surface area contributed by atoms with Crippen LogP contribution in [-0.4, -0.2) is 16.6 Å². The molecule has 0 aromatic carbocycles. The molecule has 2 N–H and O–H groups in total. The highest BCUT2D eigenvalue weighted by Gasteiger charge is 2.09. The first-order chi connectivity index (χ1) is 9.29. The topological polar surface area (TPSA) is 63.1 Å². The van der Waals surface area contributed by atoms with Gasteiger partial charge < -0.3 is 15.2 Å². The number of nitrogens with zero attached hydrogens (tertiary/aromatic N) is 1. The Morgan fingerprint density at radius 2 is 2.00 bits per heavy atom. The molecular formula is C14H22BrN3O2. The number of amides is 2. The second-order valence-electron chi connectivity index (χ2n) is 5.46. The number of aromatic nitrogens is 1. The summed E-state index contributed by atoms with van der Waals surface area (Å²) in [6.45, 7) is 6.31. The minimum Gasteiger partial charge on any atom is -0.335 e. The number of urea groups is 1. The number of hydrogen-bond acceptors (Lipinski definition) is 2. The molecule has 0 aliphatic rings. The van der Waals surface area contributed by atoms with Gasteiger partial charge in [0.25, 0.3) is 5.56 Å². The number of carbonyl (C=O) groups excluding carboxylic acids is 1. The quantitative estimate of drug-likeness (QED) is 0.862. The number of pyridine rings is 1. The van der Waals surface area contributed by atoms with Gasteiger partial charge in [-0.1, -0.05) is 13.8 Å². The Hall–Kier alpha value is -1.30. The molecule has 20 heavy (non-hydrogen) atoms. The Bertz CT molecular complexity index is 499. The molecular weight excluding hydrogens is 322 g/mol. The van der Waals surface area contributed by atoms with Crippen LogP contribution in [0.2, 0.25) is 0 Å². The van der Waals surface area contributed by atoms with Crippen molar-refractivity contribution in [3.8, 4) is 0 Å². The van der Waals surface area contributed by atoms with Crippen LogP contribution in [0.4, 0.5) is 10.5 Å². The van der Waals surface area contributed by atoms with Gasteiger partial charge in [0.2, 0.25) is 0 Å². The first-order valence-corrected chi connectivity index (χ1v) is 7.52. The molecule has 0 aliphatic heterocycles. The SMILES string of the molecule is CC(C)CC[C@@H](C)NC(=O)Nc1cc(Br)c(=O)n(C)c1. The van der Waals surface area contributed by atoms with Crippen LogP contribution in [0.1, 0.15) is 33.6 Å². The van der Waals surface area contributed by atoms with Gasteiger partial charge in [-0.25, -0.2) is 4.79 Å². The molecule has 0 saturated heterocycles. The summed E-state index contributed by atoms with van der Waals surface area (Å²) in [5.74, 6) is 0.627. The lowest BCUT2D eigenvalue weighted by atomic mass is 10.0. The molecule has 0 unspecified atom stereocenters. The molecule has 1 aromatic heterocycles. The van der Waals surface area contributed by atoms with E-state index in [9.17, 15) is 9.59 Å². The Morgan fingerprint density at radius 1 is 1.35 bits per heavy atom. The van der Waals surface area contributed by atoms with Gasteiger partial charge in [-0.05, 0) is 47.7 Å². The fourth-order valence-electron chi connectivity index (χ4n) is 1.79. The average Bonchev–Trinajstić information content (AvgIpc) is 2.33. The highest BCUT2D eigenvalue weighted by atomic mass is 79.9. The molecule has 5 nitrogen and oxygen atoms in total. The van der Waals surface area contributed by atoms with Crippen molar-refractivity contribution >= 4 is 27.6 Å². The van der Waals surface area contributed by atoms with Gasteiger partial charge in [-0.2, -0.15) is 0 Å². The highest BCUT2D eigenvalue weighted by Crippen LogP contribution is 2.11. The lowest BCUT2D eigenvalue weighted by Gasteiger charge is -2.16. The molecule has 2 amide bonds. The second-order valence-corrected chi connectivity index (χ2v) is 6.32. The fourth-order valence-corrected chi connectivity index (χ4v) is 2.31. The van der Waals surface area contributed by atoms with E-state index in [1.807, 2.05) is 6.92 Å². The zero-order valence-electron chi connectivity index (χ0n) is 12.4. The monoisotopic (exact) mass is 343 g/mol. The number of rotatable bonds is 5. The van der Waals surface area contributed by atoms with Crippen molar-refractivity contribution in [1.29, 1.82) is 0 Å². The minimum atomic E-state index is -0.258.